The number of nitrogens with two attached hydrogens (primary N) is 1. The molecule has 0 aromatic heterocycles. The largest absolute Gasteiger partial charge is 0.381 e. The minimum absolute atomic E-state index is 0.109. The summed E-state index contributed by atoms with van der Waals surface area (Å²) in [6.45, 7) is 9.34. The number of ether oxygens (including phenoxy) is 1. The number of amides is 1. The van der Waals surface area contributed by atoms with E-state index in [0.717, 1.165) is 39.1 Å². The lowest BCUT2D eigenvalue weighted by atomic mass is 10.0. The number of hydrogen-bond donors (Lipinski definition) is 1. The second-order valence-corrected chi connectivity index (χ2v) is 5.33. The maximum atomic E-state index is 12.1. The van der Waals surface area contributed by atoms with Gasteiger partial charge in [0, 0.05) is 25.6 Å². The summed E-state index contributed by atoms with van der Waals surface area (Å²) < 4.78 is 5.40. The second kappa shape index (κ2) is 6.97. The van der Waals surface area contributed by atoms with Gasteiger partial charge < -0.3 is 15.4 Å². The summed E-state index contributed by atoms with van der Waals surface area (Å²) in [5, 5.41) is 0. The molecule has 1 aliphatic rings. The molecule has 2 N–H and O–H groups in total. The lowest BCUT2D eigenvalue weighted by Gasteiger charge is -2.22. The summed E-state index contributed by atoms with van der Waals surface area (Å²) in [6.07, 6.45) is 1.81. The molecule has 1 heterocycles. The number of carbonyl (C=O) groups excluding carboxylic acids is 1. The van der Waals surface area contributed by atoms with Gasteiger partial charge >= 0.3 is 0 Å². The normalized spacial score (nSPS) is 22.2. The van der Waals surface area contributed by atoms with Gasteiger partial charge in [-0.25, -0.2) is 0 Å². The predicted molar refractivity (Wildman–Crippen MR) is 68.6 cm³/mol. The topological polar surface area (TPSA) is 55.6 Å². The van der Waals surface area contributed by atoms with Crippen molar-refractivity contribution in [3.8, 4) is 0 Å². The van der Waals surface area contributed by atoms with Crippen LogP contribution >= 0.6 is 0 Å². The van der Waals surface area contributed by atoms with Crippen molar-refractivity contribution in [1.29, 1.82) is 0 Å². The molecule has 0 spiro atoms. The summed E-state index contributed by atoms with van der Waals surface area (Å²) in [7, 11) is 0. The van der Waals surface area contributed by atoms with Crippen LogP contribution in [0.1, 0.15) is 33.6 Å². The van der Waals surface area contributed by atoms with Crippen LogP contribution in [-0.4, -0.2) is 43.2 Å². The Hall–Kier alpha value is -0.610. The Morgan fingerprint density at radius 3 is 2.82 bits per heavy atom. The van der Waals surface area contributed by atoms with Gasteiger partial charge in [-0.05, 0) is 25.7 Å². The first-order valence-electron chi connectivity index (χ1n) is 6.66. The minimum Gasteiger partial charge on any atom is -0.381 e. The zero-order chi connectivity index (χ0) is 12.8. The Labute approximate surface area is 104 Å². The number of nitrogens with zero attached hydrogens (tertiary/aromatic N) is 1. The van der Waals surface area contributed by atoms with Crippen LogP contribution in [0.3, 0.4) is 0 Å². The maximum Gasteiger partial charge on any atom is 0.239 e. The minimum atomic E-state index is -0.333. The van der Waals surface area contributed by atoms with E-state index in [2.05, 4.69) is 13.8 Å². The van der Waals surface area contributed by atoms with Gasteiger partial charge in [0.1, 0.15) is 0 Å². The molecule has 0 saturated carbocycles. The van der Waals surface area contributed by atoms with E-state index in [0.29, 0.717) is 11.8 Å². The molecule has 0 radical (unpaired) electrons. The summed E-state index contributed by atoms with van der Waals surface area (Å²) in [4.78, 5) is 14.0. The highest BCUT2D eigenvalue weighted by Crippen LogP contribution is 2.18. The molecule has 0 aromatic rings. The first-order chi connectivity index (χ1) is 8.04. The first-order valence-corrected chi connectivity index (χ1v) is 6.66. The molecule has 0 aromatic carbocycles. The molecule has 1 rings (SSSR count). The van der Waals surface area contributed by atoms with Crippen LogP contribution in [0.4, 0.5) is 0 Å². The molecule has 4 heteroatoms. The zero-order valence-electron chi connectivity index (χ0n) is 11.3. The van der Waals surface area contributed by atoms with E-state index >= 15 is 0 Å². The molecule has 2 atom stereocenters. The molecular weight excluding hydrogens is 216 g/mol. The molecule has 1 aliphatic heterocycles. The summed E-state index contributed by atoms with van der Waals surface area (Å²) in [6, 6.07) is -0.333. The van der Waals surface area contributed by atoms with Crippen molar-refractivity contribution >= 4 is 5.91 Å². The fraction of sp³-hybridized carbons (Fsp3) is 0.923. The standard InChI is InChI=1S/C13H26N2O2/c1-4-17-9-11-5-6-15(8-11)13(16)12(14)7-10(2)3/h10-12H,4-9,14H2,1-3H3/t11?,12-/m0/s1. The molecule has 0 bridgehead atoms. The Morgan fingerprint density at radius 1 is 1.53 bits per heavy atom. The van der Waals surface area contributed by atoms with Gasteiger partial charge in [-0.2, -0.15) is 0 Å². The molecular formula is C13H26N2O2. The van der Waals surface area contributed by atoms with Crippen LogP contribution in [0.15, 0.2) is 0 Å². The first kappa shape index (κ1) is 14.5. The van der Waals surface area contributed by atoms with Crippen molar-refractivity contribution < 1.29 is 9.53 Å². The number of likely N-dealkylation sites (tertiary alicyclic amines) is 1. The molecule has 4 nitrogen and oxygen atoms in total. The fourth-order valence-electron chi connectivity index (χ4n) is 2.30. The summed E-state index contributed by atoms with van der Waals surface area (Å²) >= 11 is 0. The van der Waals surface area contributed by atoms with Gasteiger partial charge in [-0.1, -0.05) is 13.8 Å². The van der Waals surface area contributed by atoms with Crippen molar-refractivity contribution in [2.24, 2.45) is 17.6 Å². The van der Waals surface area contributed by atoms with Crippen LogP contribution in [0.25, 0.3) is 0 Å². The predicted octanol–water partition coefficient (Wildman–Crippen LogP) is 1.24. The molecule has 100 valence electrons. The molecule has 1 saturated heterocycles. The average molecular weight is 242 g/mol. The van der Waals surface area contributed by atoms with E-state index in [9.17, 15) is 4.79 Å². The lowest BCUT2D eigenvalue weighted by molar-refractivity contribution is -0.132. The maximum absolute atomic E-state index is 12.1. The van der Waals surface area contributed by atoms with Gasteiger partial charge in [-0.15, -0.1) is 0 Å². The van der Waals surface area contributed by atoms with Crippen molar-refractivity contribution in [3.63, 3.8) is 0 Å². The molecule has 1 amide bonds. The van der Waals surface area contributed by atoms with Crippen LogP contribution in [0.2, 0.25) is 0 Å². The van der Waals surface area contributed by atoms with Gasteiger partial charge in [-0.3, -0.25) is 4.79 Å². The van der Waals surface area contributed by atoms with Crippen LogP contribution in [0, 0.1) is 11.8 Å². The molecule has 1 fully saturated rings. The highest BCUT2D eigenvalue weighted by Gasteiger charge is 2.29. The van der Waals surface area contributed by atoms with E-state index in [-0.39, 0.29) is 11.9 Å². The monoisotopic (exact) mass is 242 g/mol. The summed E-state index contributed by atoms with van der Waals surface area (Å²) in [5.41, 5.74) is 5.92. The number of rotatable bonds is 6. The Kier molecular flexibility index (Phi) is 5.92. The molecule has 0 aliphatic carbocycles. The quantitative estimate of drug-likeness (QED) is 0.762. The zero-order valence-corrected chi connectivity index (χ0v) is 11.3. The van der Waals surface area contributed by atoms with E-state index in [1.54, 1.807) is 0 Å². The van der Waals surface area contributed by atoms with Crippen molar-refractivity contribution in [2.75, 3.05) is 26.3 Å². The SMILES string of the molecule is CCOCC1CCN(C(=O)[C@@H](N)CC(C)C)C1. The van der Waals surface area contributed by atoms with Crippen LogP contribution in [0.5, 0.6) is 0 Å². The highest BCUT2D eigenvalue weighted by molar-refractivity contribution is 5.81. The van der Waals surface area contributed by atoms with Crippen molar-refractivity contribution in [1.82, 2.24) is 4.90 Å². The van der Waals surface area contributed by atoms with E-state index in [1.807, 2.05) is 11.8 Å². The lowest BCUT2D eigenvalue weighted by Crippen LogP contribution is -2.43. The van der Waals surface area contributed by atoms with E-state index in [4.69, 9.17) is 10.5 Å². The highest BCUT2D eigenvalue weighted by atomic mass is 16.5. The summed E-state index contributed by atoms with van der Waals surface area (Å²) in [5.74, 6) is 1.07. The smallest absolute Gasteiger partial charge is 0.239 e. The third-order valence-electron chi connectivity index (χ3n) is 3.20. The average Bonchev–Trinajstić information content (AvgIpc) is 2.72. The van der Waals surface area contributed by atoms with Gasteiger partial charge in [0.15, 0.2) is 0 Å². The Bertz CT molecular complexity index is 244. The van der Waals surface area contributed by atoms with Crippen LogP contribution < -0.4 is 5.73 Å². The van der Waals surface area contributed by atoms with Gasteiger partial charge in [0.25, 0.3) is 0 Å². The number of carbonyl (C=O) groups is 1. The Balaban J connectivity index is 2.34. The molecule has 1 unspecified atom stereocenters. The van der Waals surface area contributed by atoms with E-state index in [1.165, 1.54) is 0 Å². The van der Waals surface area contributed by atoms with E-state index < -0.39 is 0 Å². The van der Waals surface area contributed by atoms with Crippen LogP contribution in [-0.2, 0) is 9.53 Å². The third-order valence-corrected chi connectivity index (χ3v) is 3.20. The second-order valence-electron chi connectivity index (χ2n) is 5.33. The molecule has 17 heavy (non-hydrogen) atoms. The fourth-order valence-corrected chi connectivity index (χ4v) is 2.30. The van der Waals surface area contributed by atoms with Crippen molar-refractivity contribution in [2.45, 2.75) is 39.7 Å². The Morgan fingerprint density at radius 2 is 2.24 bits per heavy atom. The van der Waals surface area contributed by atoms with Gasteiger partial charge in [0.2, 0.25) is 5.91 Å². The third kappa shape index (κ3) is 4.64. The van der Waals surface area contributed by atoms with Gasteiger partial charge in [0.05, 0.1) is 12.6 Å². The number of hydrogen-bond acceptors (Lipinski definition) is 3. The van der Waals surface area contributed by atoms with Crippen molar-refractivity contribution in [3.05, 3.63) is 0 Å².